The molecule has 1 amide bonds. The number of aromatic nitrogens is 3. The van der Waals surface area contributed by atoms with E-state index in [1.54, 1.807) is 36.4 Å². The third-order valence-corrected chi connectivity index (χ3v) is 3.74. The number of benzene rings is 2. The Bertz CT molecular complexity index is 914. The number of ketones is 1. The molecule has 0 saturated heterocycles. The average molecular weight is 322 g/mol. The summed E-state index contributed by atoms with van der Waals surface area (Å²) in [6, 6.07) is 12.2. The molecule has 1 heterocycles. The molecule has 0 unspecified atom stereocenters. The van der Waals surface area contributed by atoms with Crippen molar-refractivity contribution in [2.24, 2.45) is 0 Å². The Morgan fingerprint density at radius 3 is 2.71 bits per heavy atom. The number of amides is 1. The molecule has 0 bridgehead atoms. The van der Waals surface area contributed by atoms with Crippen LogP contribution in [0.3, 0.4) is 0 Å². The summed E-state index contributed by atoms with van der Waals surface area (Å²) in [6.07, 6.45) is 0.965. The van der Waals surface area contributed by atoms with Crippen molar-refractivity contribution in [2.75, 3.05) is 5.32 Å². The second kappa shape index (κ2) is 6.62. The number of fused-ring (bicyclic) bond motifs is 1. The number of rotatable bonds is 5. The maximum Gasteiger partial charge on any atom is 0.255 e. The van der Waals surface area contributed by atoms with E-state index >= 15 is 0 Å². The Morgan fingerprint density at radius 1 is 1.12 bits per heavy atom. The van der Waals surface area contributed by atoms with Gasteiger partial charge in [0.25, 0.3) is 5.91 Å². The van der Waals surface area contributed by atoms with Crippen LogP contribution in [0.5, 0.6) is 0 Å². The predicted molar refractivity (Wildman–Crippen MR) is 92.2 cm³/mol. The fourth-order valence-electron chi connectivity index (χ4n) is 2.51. The van der Waals surface area contributed by atoms with Crippen LogP contribution in [0, 0.1) is 0 Å². The van der Waals surface area contributed by atoms with Gasteiger partial charge in [-0.15, -0.1) is 5.10 Å². The van der Waals surface area contributed by atoms with Crippen LogP contribution in [0.15, 0.2) is 42.5 Å². The normalized spacial score (nSPS) is 10.8. The van der Waals surface area contributed by atoms with Gasteiger partial charge in [0.15, 0.2) is 5.78 Å². The SMILES string of the molecule is CCCn1nnc2cc(C(=O)Nc3cccc(C(C)=O)c3)ccc21. The zero-order valence-electron chi connectivity index (χ0n) is 13.6. The van der Waals surface area contributed by atoms with E-state index < -0.39 is 0 Å². The molecule has 0 radical (unpaired) electrons. The van der Waals surface area contributed by atoms with E-state index in [0.717, 1.165) is 18.5 Å². The smallest absolute Gasteiger partial charge is 0.255 e. The number of anilines is 1. The second-order valence-corrected chi connectivity index (χ2v) is 5.61. The molecule has 0 aliphatic carbocycles. The van der Waals surface area contributed by atoms with E-state index in [2.05, 4.69) is 22.6 Å². The van der Waals surface area contributed by atoms with Crippen LogP contribution in [-0.4, -0.2) is 26.7 Å². The Hall–Kier alpha value is -3.02. The largest absolute Gasteiger partial charge is 0.322 e. The number of nitrogens with one attached hydrogen (secondary N) is 1. The van der Waals surface area contributed by atoms with Gasteiger partial charge >= 0.3 is 0 Å². The number of carbonyl (C=O) groups excluding carboxylic acids is 2. The molecule has 0 fully saturated rings. The lowest BCUT2D eigenvalue weighted by Crippen LogP contribution is -2.12. The predicted octanol–water partition coefficient (Wildman–Crippen LogP) is 3.30. The monoisotopic (exact) mass is 322 g/mol. The molecule has 1 N–H and O–H groups in total. The van der Waals surface area contributed by atoms with Gasteiger partial charge < -0.3 is 5.32 Å². The Morgan fingerprint density at radius 2 is 1.96 bits per heavy atom. The molecule has 3 aromatic rings. The summed E-state index contributed by atoms with van der Waals surface area (Å²) in [7, 11) is 0. The van der Waals surface area contributed by atoms with Crippen molar-refractivity contribution in [3.8, 4) is 0 Å². The maximum absolute atomic E-state index is 12.4. The van der Waals surface area contributed by atoms with Crippen molar-refractivity contribution < 1.29 is 9.59 Å². The maximum atomic E-state index is 12.4. The van der Waals surface area contributed by atoms with Gasteiger partial charge in [0.2, 0.25) is 0 Å². The average Bonchev–Trinajstić information content (AvgIpc) is 2.98. The highest BCUT2D eigenvalue weighted by Gasteiger charge is 2.11. The summed E-state index contributed by atoms with van der Waals surface area (Å²) in [5.41, 5.74) is 3.24. The van der Waals surface area contributed by atoms with Crippen molar-refractivity contribution in [2.45, 2.75) is 26.8 Å². The topological polar surface area (TPSA) is 76.9 Å². The zero-order valence-corrected chi connectivity index (χ0v) is 13.6. The minimum Gasteiger partial charge on any atom is -0.322 e. The lowest BCUT2D eigenvalue weighted by molar-refractivity contribution is 0.101. The first-order valence-corrected chi connectivity index (χ1v) is 7.84. The first kappa shape index (κ1) is 15.9. The third kappa shape index (κ3) is 3.17. The van der Waals surface area contributed by atoms with Crippen molar-refractivity contribution in [1.82, 2.24) is 15.0 Å². The summed E-state index contributed by atoms with van der Waals surface area (Å²) < 4.78 is 1.83. The standard InChI is InChI=1S/C18H18N4O2/c1-3-9-22-17-8-7-14(11-16(17)20-21-22)18(24)19-15-6-4-5-13(10-15)12(2)23/h4-8,10-11H,3,9H2,1-2H3,(H,19,24). The molecule has 2 aromatic carbocycles. The molecular formula is C18H18N4O2. The van der Waals surface area contributed by atoms with Crippen molar-refractivity contribution in [3.05, 3.63) is 53.6 Å². The number of nitrogens with zero attached hydrogens (tertiary/aromatic N) is 3. The molecule has 0 saturated carbocycles. The second-order valence-electron chi connectivity index (χ2n) is 5.61. The number of hydrogen-bond donors (Lipinski definition) is 1. The van der Waals surface area contributed by atoms with E-state index in [1.165, 1.54) is 6.92 Å². The first-order chi connectivity index (χ1) is 11.6. The van der Waals surface area contributed by atoms with Gasteiger partial charge in [0.05, 0.1) is 5.52 Å². The fourth-order valence-corrected chi connectivity index (χ4v) is 2.51. The van der Waals surface area contributed by atoms with Crippen molar-refractivity contribution >= 4 is 28.4 Å². The molecular weight excluding hydrogens is 304 g/mol. The van der Waals surface area contributed by atoms with Gasteiger partial charge in [0, 0.05) is 23.4 Å². The van der Waals surface area contributed by atoms with Gasteiger partial charge in [-0.1, -0.05) is 24.3 Å². The number of carbonyl (C=O) groups is 2. The molecule has 1 aromatic heterocycles. The van der Waals surface area contributed by atoms with Crippen LogP contribution in [-0.2, 0) is 6.54 Å². The molecule has 122 valence electrons. The third-order valence-electron chi connectivity index (χ3n) is 3.74. The number of Topliss-reactive ketones (excluding diaryl/α,β-unsaturated/α-hetero) is 1. The van der Waals surface area contributed by atoms with E-state index in [4.69, 9.17) is 0 Å². The van der Waals surface area contributed by atoms with Crippen LogP contribution in [0.2, 0.25) is 0 Å². The van der Waals surface area contributed by atoms with E-state index in [0.29, 0.717) is 22.3 Å². The molecule has 0 aliphatic heterocycles. The van der Waals surface area contributed by atoms with E-state index in [-0.39, 0.29) is 11.7 Å². The van der Waals surface area contributed by atoms with Gasteiger partial charge in [-0.2, -0.15) is 0 Å². The van der Waals surface area contributed by atoms with Crippen LogP contribution < -0.4 is 5.32 Å². The lowest BCUT2D eigenvalue weighted by Gasteiger charge is -2.06. The zero-order chi connectivity index (χ0) is 17.1. The molecule has 24 heavy (non-hydrogen) atoms. The molecule has 6 nitrogen and oxygen atoms in total. The molecule has 6 heteroatoms. The Labute approximate surface area is 139 Å². The van der Waals surface area contributed by atoms with E-state index in [1.807, 2.05) is 10.7 Å². The lowest BCUT2D eigenvalue weighted by atomic mass is 10.1. The highest BCUT2D eigenvalue weighted by Crippen LogP contribution is 2.16. The van der Waals surface area contributed by atoms with Gasteiger partial charge in [-0.05, 0) is 43.7 Å². The highest BCUT2D eigenvalue weighted by molar-refractivity contribution is 6.06. The van der Waals surface area contributed by atoms with Crippen LogP contribution >= 0.6 is 0 Å². The quantitative estimate of drug-likeness (QED) is 0.731. The molecule has 0 atom stereocenters. The summed E-state index contributed by atoms with van der Waals surface area (Å²) in [6.45, 7) is 4.36. The van der Waals surface area contributed by atoms with Gasteiger partial charge in [-0.3, -0.25) is 9.59 Å². The first-order valence-electron chi connectivity index (χ1n) is 7.84. The number of aryl methyl sites for hydroxylation is 1. The van der Waals surface area contributed by atoms with Crippen LogP contribution in [0.25, 0.3) is 11.0 Å². The Kier molecular flexibility index (Phi) is 4.37. The van der Waals surface area contributed by atoms with Crippen LogP contribution in [0.1, 0.15) is 41.0 Å². The summed E-state index contributed by atoms with van der Waals surface area (Å²) in [4.78, 5) is 23.8. The van der Waals surface area contributed by atoms with Gasteiger partial charge in [-0.25, -0.2) is 4.68 Å². The number of hydrogen-bond acceptors (Lipinski definition) is 4. The summed E-state index contributed by atoms with van der Waals surface area (Å²) in [5, 5.41) is 11.0. The van der Waals surface area contributed by atoms with E-state index in [9.17, 15) is 9.59 Å². The molecule has 3 rings (SSSR count). The van der Waals surface area contributed by atoms with Crippen molar-refractivity contribution in [1.29, 1.82) is 0 Å². The molecule has 0 spiro atoms. The minimum absolute atomic E-state index is 0.0416. The molecule has 0 aliphatic rings. The van der Waals surface area contributed by atoms with Crippen LogP contribution in [0.4, 0.5) is 5.69 Å². The van der Waals surface area contributed by atoms with Crippen molar-refractivity contribution in [3.63, 3.8) is 0 Å². The minimum atomic E-state index is -0.248. The Balaban J connectivity index is 1.83. The summed E-state index contributed by atoms with van der Waals surface area (Å²) >= 11 is 0. The highest BCUT2D eigenvalue weighted by atomic mass is 16.1. The summed E-state index contributed by atoms with van der Waals surface area (Å²) in [5.74, 6) is -0.289. The van der Waals surface area contributed by atoms with Gasteiger partial charge in [0.1, 0.15) is 5.52 Å². The fraction of sp³-hybridized carbons (Fsp3) is 0.222.